The Morgan fingerprint density at radius 1 is 0.953 bits per heavy atom. The number of hydrogen-bond donors (Lipinski definition) is 1. The van der Waals surface area contributed by atoms with E-state index in [-0.39, 0.29) is 5.75 Å². The Balaban J connectivity index is 1.04. The molecule has 3 fully saturated rings. The Morgan fingerprint density at radius 3 is 2.40 bits per heavy atom. The molecule has 1 spiro atoms. The second-order valence-electron chi connectivity index (χ2n) is 14.6. The fourth-order valence-electron chi connectivity index (χ4n) is 9.53. The molecule has 0 saturated heterocycles. The van der Waals surface area contributed by atoms with Gasteiger partial charge < -0.3 is 10.0 Å². The summed E-state index contributed by atoms with van der Waals surface area (Å²) in [5, 5.41) is 10.2. The molecule has 1 N–H and O–H groups in total. The molecule has 9 heteroatoms. The molecule has 43 heavy (non-hydrogen) atoms. The van der Waals surface area contributed by atoms with Gasteiger partial charge in [-0.25, -0.2) is 0 Å². The normalized spacial score (nSPS) is 30.2. The van der Waals surface area contributed by atoms with Crippen molar-refractivity contribution >= 4 is 10.8 Å². The number of halogens is 5. The Morgan fingerprint density at radius 2 is 1.67 bits per heavy atom. The summed E-state index contributed by atoms with van der Waals surface area (Å²) in [4.78, 5) is 2.20. The minimum atomic E-state index is -5.54. The molecule has 0 aromatic heterocycles. The molecule has 4 aliphatic carbocycles. The average molecular weight is 632 g/mol. The van der Waals surface area contributed by atoms with E-state index >= 15 is 0 Å². The van der Waals surface area contributed by atoms with Gasteiger partial charge in [0.25, 0.3) is 0 Å². The zero-order valence-corrected chi connectivity index (χ0v) is 26.7. The number of benzene rings is 1. The van der Waals surface area contributed by atoms with Gasteiger partial charge in [-0.2, -0.15) is 22.0 Å². The number of hydrogen-bond acceptors (Lipinski definition) is 3. The van der Waals surface area contributed by atoms with E-state index in [1.807, 2.05) is 19.2 Å². The van der Waals surface area contributed by atoms with Crippen LogP contribution in [-0.2, 0) is 17.2 Å². The molecular formula is C34H50F5NO2S. The topological polar surface area (TPSA) is 40.5 Å². The van der Waals surface area contributed by atoms with Crippen molar-refractivity contribution in [2.75, 3.05) is 31.6 Å². The molecule has 3 saturated carbocycles. The third-order valence-electron chi connectivity index (χ3n) is 12.1. The molecule has 0 radical (unpaired) electrons. The van der Waals surface area contributed by atoms with Crippen molar-refractivity contribution in [3.05, 3.63) is 29.3 Å². The number of unbranched alkanes of at least 4 members (excludes halogenated alkanes) is 2. The fourth-order valence-corrected chi connectivity index (χ4v) is 10.7. The zero-order valence-electron chi connectivity index (χ0n) is 25.9. The summed E-state index contributed by atoms with van der Waals surface area (Å²) in [6, 6.07) is 6.11. The van der Waals surface area contributed by atoms with E-state index in [1.54, 1.807) is 0 Å². The van der Waals surface area contributed by atoms with Crippen LogP contribution in [0.1, 0.15) is 107 Å². The molecule has 1 aromatic carbocycles. The van der Waals surface area contributed by atoms with Crippen LogP contribution in [0.15, 0.2) is 18.2 Å². The lowest BCUT2D eigenvalue weighted by Crippen LogP contribution is -2.46. The smallest absolute Gasteiger partial charge is 0.453 e. The van der Waals surface area contributed by atoms with Gasteiger partial charge in [-0.1, -0.05) is 25.8 Å². The number of phenolic OH excluding ortho intramolecular Hbond substituents is 1. The predicted octanol–water partition coefficient (Wildman–Crippen LogP) is 8.86. The van der Waals surface area contributed by atoms with Crippen molar-refractivity contribution in [3.8, 4) is 5.75 Å². The van der Waals surface area contributed by atoms with Crippen LogP contribution >= 0.6 is 0 Å². The Labute approximate surface area is 256 Å². The van der Waals surface area contributed by atoms with Gasteiger partial charge in [-0.15, -0.1) is 0 Å². The molecule has 4 aliphatic rings. The summed E-state index contributed by atoms with van der Waals surface area (Å²) >= 11 is 0. The van der Waals surface area contributed by atoms with Crippen LogP contribution in [0.25, 0.3) is 0 Å². The van der Waals surface area contributed by atoms with Crippen LogP contribution in [-0.4, -0.2) is 58.0 Å². The van der Waals surface area contributed by atoms with E-state index in [2.05, 4.69) is 17.9 Å². The highest BCUT2D eigenvalue weighted by molar-refractivity contribution is 7.84. The summed E-state index contributed by atoms with van der Waals surface area (Å²) < 4.78 is 75.0. The minimum absolute atomic E-state index is 0.122. The van der Waals surface area contributed by atoms with Gasteiger partial charge >= 0.3 is 12.1 Å². The van der Waals surface area contributed by atoms with Crippen LogP contribution < -0.4 is 0 Å². The van der Waals surface area contributed by atoms with Crippen LogP contribution in [0.5, 0.6) is 5.75 Å². The highest BCUT2D eigenvalue weighted by atomic mass is 32.2. The monoisotopic (exact) mass is 631 g/mol. The van der Waals surface area contributed by atoms with Crippen LogP contribution in [0, 0.1) is 28.6 Å². The maximum atomic E-state index is 13.0. The van der Waals surface area contributed by atoms with Gasteiger partial charge in [0, 0.05) is 28.7 Å². The molecule has 0 amide bonds. The van der Waals surface area contributed by atoms with Crippen molar-refractivity contribution < 1.29 is 31.3 Å². The van der Waals surface area contributed by atoms with E-state index in [0.717, 1.165) is 44.2 Å². The average Bonchev–Trinajstić information content (AvgIpc) is 3.67. The summed E-state index contributed by atoms with van der Waals surface area (Å²) in [6.45, 7) is 4.29. The number of nitrogens with zero attached hydrogens (tertiary/aromatic N) is 1. The minimum Gasteiger partial charge on any atom is -0.508 e. The van der Waals surface area contributed by atoms with Crippen LogP contribution in [0.2, 0.25) is 0 Å². The first-order valence-corrected chi connectivity index (χ1v) is 18.0. The van der Waals surface area contributed by atoms with Crippen molar-refractivity contribution in [1.82, 2.24) is 4.90 Å². The predicted molar refractivity (Wildman–Crippen MR) is 162 cm³/mol. The lowest BCUT2D eigenvalue weighted by atomic mass is 9.50. The summed E-state index contributed by atoms with van der Waals surface area (Å²) in [5.41, 5.74) is 3.99. The maximum absolute atomic E-state index is 13.0. The van der Waals surface area contributed by atoms with Gasteiger partial charge in [0.05, 0.1) is 0 Å². The Kier molecular flexibility index (Phi) is 9.93. The van der Waals surface area contributed by atoms with Gasteiger partial charge in [0.1, 0.15) is 5.75 Å². The molecule has 3 nitrogen and oxygen atoms in total. The van der Waals surface area contributed by atoms with E-state index in [9.17, 15) is 31.3 Å². The quantitative estimate of drug-likeness (QED) is 0.165. The lowest BCUT2D eigenvalue weighted by Gasteiger charge is -2.54. The molecule has 0 heterocycles. The van der Waals surface area contributed by atoms with E-state index < -0.39 is 35.7 Å². The third kappa shape index (κ3) is 6.97. The number of aromatic hydroxyl groups is 1. The largest absolute Gasteiger partial charge is 0.508 e. The summed E-state index contributed by atoms with van der Waals surface area (Å²) in [5.74, 6) is -1.27. The molecule has 6 atom stereocenters. The van der Waals surface area contributed by atoms with E-state index in [0.29, 0.717) is 40.6 Å². The number of phenols is 1. The van der Waals surface area contributed by atoms with Crippen LogP contribution in [0.4, 0.5) is 22.0 Å². The van der Waals surface area contributed by atoms with Gasteiger partial charge in [-0.05, 0) is 149 Å². The van der Waals surface area contributed by atoms with Crippen molar-refractivity contribution in [1.29, 1.82) is 0 Å². The van der Waals surface area contributed by atoms with E-state index in [4.69, 9.17) is 0 Å². The highest BCUT2D eigenvalue weighted by Crippen LogP contribution is 2.76. The number of fused-ring (bicyclic) bond motifs is 6. The standard InChI is InChI=1S/C34H50F5NO2S/c1-31-14-11-28-27-10-9-26(41)23-25(27)22-24(30(28)29(31)12-15-32(31)16-17-32)8-4-3-5-18-40(2)19-7-21-43(42)20-6-13-33(35,36)34(37,38)39/h9-10,23-24,28-30,41H,3-8,11-22H2,1-2H3/t24-,28?,29?,30?,31+,43?/m1/s1. The van der Waals surface area contributed by atoms with Crippen molar-refractivity contribution in [3.63, 3.8) is 0 Å². The summed E-state index contributed by atoms with van der Waals surface area (Å²) in [7, 11) is 0.647. The van der Waals surface area contributed by atoms with Crippen LogP contribution in [0.3, 0.4) is 0 Å². The SMILES string of the molecule is CN(CCCCC[C@@H]1Cc2cc(O)ccc2C2CC[C@@]3(C)C(CCC34CC4)C21)CCCS(=O)CCCC(F)(F)C(F)(F)F. The zero-order chi connectivity index (χ0) is 31.0. The number of rotatable bonds is 14. The highest BCUT2D eigenvalue weighted by Gasteiger charge is 2.67. The molecule has 5 rings (SSSR count). The first kappa shape index (κ1) is 33.2. The van der Waals surface area contributed by atoms with Crippen molar-refractivity contribution in [2.45, 2.75) is 115 Å². The molecule has 0 aliphatic heterocycles. The van der Waals surface area contributed by atoms with Gasteiger partial charge in [0.15, 0.2) is 0 Å². The Bertz CT molecular complexity index is 1140. The fraction of sp³-hybridized carbons (Fsp3) is 0.824. The molecular weight excluding hydrogens is 581 g/mol. The van der Waals surface area contributed by atoms with Gasteiger partial charge in [0.2, 0.25) is 0 Å². The molecule has 1 aromatic rings. The second-order valence-corrected chi connectivity index (χ2v) is 16.3. The first-order chi connectivity index (χ1) is 20.3. The maximum Gasteiger partial charge on any atom is 0.453 e. The van der Waals surface area contributed by atoms with E-state index in [1.165, 1.54) is 62.5 Å². The second kappa shape index (κ2) is 12.9. The first-order valence-electron chi connectivity index (χ1n) is 16.6. The number of alkyl halides is 5. The molecule has 244 valence electrons. The molecule has 0 bridgehead atoms. The third-order valence-corrected chi connectivity index (χ3v) is 13.6. The van der Waals surface area contributed by atoms with Crippen molar-refractivity contribution in [2.24, 2.45) is 28.6 Å². The summed E-state index contributed by atoms with van der Waals surface area (Å²) in [6.07, 6.45) is 7.40. The Hall–Kier alpha value is -1.22. The molecule has 4 unspecified atom stereocenters. The lowest BCUT2D eigenvalue weighted by molar-refractivity contribution is -0.284. The van der Waals surface area contributed by atoms with Gasteiger partial charge in [-0.3, -0.25) is 4.21 Å².